The van der Waals surface area contributed by atoms with Gasteiger partial charge in [-0.05, 0) is 60.5 Å². The number of fused-ring (bicyclic) bond motifs is 1. The zero-order valence-electron chi connectivity index (χ0n) is 14.8. The number of benzene rings is 2. The molecule has 1 N–H and O–H groups in total. The van der Waals surface area contributed by atoms with E-state index in [9.17, 15) is 9.59 Å². The minimum absolute atomic E-state index is 0.0253. The fourth-order valence-corrected chi connectivity index (χ4v) is 3.91. The molecule has 2 heterocycles. The van der Waals surface area contributed by atoms with E-state index >= 15 is 0 Å². The average Bonchev–Trinajstić information content (AvgIpc) is 3.31. The number of amides is 2. The summed E-state index contributed by atoms with van der Waals surface area (Å²) in [5, 5.41) is 2.97. The number of carbonyl (C=O) groups excluding carboxylic acids is 2. The van der Waals surface area contributed by atoms with Crippen molar-refractivity contribution in [2.45, 2.75) is 13.3 Å². The maximum absolute atomic E-state index is 12.8. The molecule has 0 unspecified atom stereocenters. The van der Waals surface area contributed by atoms with Gasteiger partial charge in [0.2, 0.25) is 5.91 Å². The number of nitrogens with one attached hydrogen (secondary N) is 1. The number of hydrogen-bond acceptors (Lipinski definition) is 2. The van der Waals surface area contributed by atoms with Crippen LogP contribution >= 0.6 is 15.9 Å². The summed E-state index contributed by atoms with van der Waals surface area (Å²) in [5.74, 6) is -0.229. The summed E-state index contributed by atoms with van der Waals surface area (Å²) in [7, 11) is 0. The van der Waals surface area contributed by atoms with Crippen molar-refractivity contribution in [2.24, 2.45) is 0 Å². The third-order valence-corrected chi connectivity index (χ3v) is 5.15. The quantitative estimate of drug-likeness (QED) is 0.678. The Kier molecular flexibility index (Phi) is 4.58. The van der Waals surface area contributed by atoms with Gasteiger partial charge < -0.3 is 14.8 Å². The van der Waals surface area contributed by atoms with Crippen molar-refractivity contribution in [1.29, 1.82) is 0 Å². The fraction of sp³-hybridized carbons (Fsp3) is 0.143. The van der Waals surface area contributed by atoms with E-state index in [4.69, 9.17) is 0 Å². The molecular formula is C21H18BrN3O2. The molecule has 0 bridgehead atoms. The Bertz CT molecular complexity index is 1010. The van der Waals surface area contributed by atoms with Gasteiger partial charge in [0.15, 0.2) is 0 Å². The van der Waals surface area contributed by atoms with Crippen LogP contribution in [0, 0.1) is 0 Å². The van der Waals surface area contributed by atoms with E-state index < -0.39 is 0 Å². The first-order valence-electron chi connectivity index (χ1n) is 8.68. The summed E-state index contributed by atoms with van der Waals surface area (Å²) in [6, 6.07) is 15.2. The van der Waals surface area contributed by atoms with E-state index in [0.717, 1.165) is 27.8 Å². The number of rotatable bonds is 3. The van der Waals surface area contributed by atoms with Crippen LogP contribution in [0.2, 0.25) is 0 Å². The second kappa shape index (κ2) is 7.04. The first-order chi connectivity index (χ1) is 13.0. The highest BCUT2D eigenvalue weighted by atomic mass is 79.9. The lowest BCUT2D eigenvalue weighted by molar-refractivity contribution is -0.116. The Morgan fingerprint density at radius 1 is 1.07 bits per heavy atom. The van der Waals surface area contributed by atoms with Crippen LogP contribution in [0.25, 0.3) is 5.69 Å². The summed E-state index contributed by atoms with van der Waals surface area (Å²) in [6.07, 6.45) is 4.69. The van der Waals surface area contributed by atoms with E-state index in [1.165, 1.54) is 0 Å². The molecule has 0 saturated carbocycles. The third kappa shape index (κ3) is 3.40. The lowest BCUT2D eigenvalue weighted by Gasteiger charge is -2.19. The standard InChI is InChI=1S/C21H18BrN3O2/c1-14(26)25-11-8-16-12-17(22)13-19(20(16)25)23-21(27)15-4-6-18(7-5-15)24-9-2-3-10-24/h2-7,9-10,12-13H,8,11H2,1H3,(H,23,27). The molecule has 6 heteroatoms. The predicted molar refractivity (Wildman–Crippen MR) is 110 cm³/mol. The molecular weight excluding hydrogens is 406 g/mol. The molecule has 0 aliphatic carbocycles. The molecule has 4 rings (SSSR count). The smallest absolute Gasteiger partial charge is 0.255 e. The van der Waals surface area contributed by atoms with Gasteiger partial charge in [0, 0.05) is 41.6 Å². The molecule has 0 saturated heterocycles. The molecule has 136 valence electrons. The largest absolute Gasteiger partial charge is 0.324 e. The zero-order valence-corrected chi connectivity index (χ0v) is 16.4. The maximum atomic E-state index is 12.8. The Balaban J connectivity index is 1.61. The molecule has 0 atom stereocenters. The van der Waals surface area contributed by atoms with Crippen LogP contribution in [-0.2, 0) is 11.2 Å². The highest BCUT2D eigenvalue weighted by molar-refractivity contribution is 9.10. The molecule has 1 aromatic heterocycles. The topological polar surface area (TPSA) is 54.3 Å². The van der Waals surface area contributed by atoms with Crippen molar-refractivity contribution in [3.05, 3.63) is 76.5 Å². The second-order valence-electron chi connectivity index (χ2n) is 6.47. The van der Waals surface area contributed by atoms with Gasteiger partial charge in [-0.2, -0.15) is 0 Å². The van der Waals surface area contributed by atoms with E-state index in [1.807, 2.05) is 53.4 Å². The van der Waals surface area contributed by atoms with Crippen molar-refractivity contribution in [2.75, 3.05) is 16.8 Å². The Morgan fingerprint density at radius 2 is 1.78 bits per heavy atom. The Labute approximate surface area is 165 Å². The van der Waals surface area contributed by atoms with E-state index in [-0.39, 0.29) is 11.8 Å². The van der Waals surface area contributed by atoms with Crippen molar-refractivity contribution in [1.82, 2.24) is 4.57 Å². The minimum Gasteiger partial charge on any atom is -0.324 e. The number of hydrogen-bond donors (Lipinski definition) is 1. The lowest BCUT2D eigenvalue weighted by atomic mass is 10.1. The van der Waals surface area contributed by atoms with E-state index in [0.29, 0.717) is 17.8 Å². The van der Waals surface area contributed by atoms with Crippen molar-refractivity contribution in [3.63, 3.8) is 0 Å². The van der Waals surface area contributed by atoms with Gasteiger partial charge in [0.1, 0.15) is 0 Å². The van der Waals surface area contributed by atoms with Crippen LogP contribution in [0.15, 0.2) is 65.4 Å². The normalized spacial score (nSPS) is 12.7. The summed E-state index contributed by atoms with van der Waals surface area (Å²) in [6.45, 7) is 2.18. The first kappa shape index (κ1) is 17.5. The molecule has 5 nitrogen and oxygen atoms in total. The average molecular weight is 424 g/mol. The maximum Gasteiger partial charge on any atom is 0.255 e. The monoisotopic (exact) mass is 423 g/mol. The van der Waals surface area contributed by atoms with Crippen molar-refractivity contribution >= 4 is 39.1 Å². The summed E-state index contributed by atoms with van der Waals surface area (Å²) >= 11 is 3.49. The molecule has 27 heavy (non-hydrogen) atoms. The van der Waals surface area contributed by atoms with Crippen LogP contribution in [0.4, 0.5) is 11.4 Å². The van der Waals surface area contributed by atoms with Gasteiger partial charge in [-0.1, -0.05) is 15.9 Å². The minimum atomic E-state index is -0.204. The molecule has 2 amide bonds. The van der Waals surface area contributed by atoms with E-state index in [1.54, 1.807) is 24.0 Å². The summed E-state index contributed by atoms with van der Waals surface area (Å²) < 4.78 is 2.86. The van der Waals surface area contributed by atoms with Crippen LogP contribution in [0.1, 0.15) is 22.8 Å². The summed E-state index contributed by atoms with van der Waals surface area (Å²) in [4.78, 5) is 26.4. The lowest BCUT2D eigenvalue weighted by Crippen LogP contribution is -2.27. The van der Waals surface area contributed by atoms with Crippen molar-refractivity contribution < 1.29 is 9.59 Å². The SMILES string of the molecule is CC(=O)N1CCc2cc(Br)cc(NC(=O)c3ccc(-n4cccc4)cc3)c21. The van der Waals surface area contributed by atoms with Crippen LogP contribution in [-0.4, -0.2) is 22.9 Å². The highest BCUT2D eigenvalue weighted by Crippen LogP contribution is 2.38. The number of carbonyl (C=O) groups is 2. The number of nitrogens with zero attached hydrogens (tertiary/aromatic N) is 2. The van der Waals surface area contributed by atoms with Crippen molar-refractivity contribution in [3.8, 4) is 5.69 Å². The number of halogens is 1. The fourth-order valence-electron chi connectivity index (χ4n) is 3.41. The van der Waals surface area contributed by atoms with Gasteiger partial charge in [0.25, 0.3) is 5.91 Å². The molecule has 3 aromatic rings. The van der Waals surface area contributed by atoms with Gasteiger partial charge >= 0.3 is 0 Å². The van der Waals surface area contributed by atoms with E-state index in [2.05, 4.69) is 21.2 Å². The van der Waals surface area contributed by atoms with Gasteiger partial charge in [0.05, 0.1) is 11.4 Å². The molecule has 1 aliphatic rings. The third-order valence-electron chi connectivity index (χ3n) is 4.69. The number of anilines is 2. The molecule has 0 fully saturated rings. The number of aromatic nitrogens is 1. The van der Waals surface area contributed by atoms with Crippen LogP contribution in [0.5, 0.6) is 0 Å². The van der Waals surface area contributed by atoms with Gasteiger partial charge in [-0.3, -0.25) is 9.59 Å². The Hall–Kier alpha value is -2.86. The molecule has 0 spiro atoms. The van der Waals surface area contributed by atoms with Crippen LogP contribution < -0.4 is 10.2 Å². The first-order valence-corrected chi connectivity index (χ1v) is 9.47. The van der Waals surface area contributed by atoms with Crippen LogP contribution in [0.3, 0.4) is 0 Å². The zero-order chi connectivity index (χ0) is 19.0. The predicted octanol–water partition coefficient (Wildman–Crippen LogP) is 4.40. The van der Waals surface area contributed by atoms with Gasteiger partial charge in [-0.25, -0.2) is 0 Å². The second-order valence-corrected chi connectivity index (χ2v) is 7.39. The summed E-state index contributed by atoms with van der Waals surface area (Å²) in [5.41, 5.74) is 4.04. The molecule has 1 aliphatic heterocycles. The molecule has 2 aromatic carbocycles. The molecule has 0 radical (unpaired) electrons. The van der Waals surface area contributed by atoms with Gasteiger partial charge in [-0.15, -0.1) is 0 Å². The Morgan fingerprint density at radius 3 is 2.44 bits per heavy atom. The highest BCUT2D eigenvalue weighted by Gasteiger charge is 2.26.